The van der Waals surface area contributed by atoms with Gasteiger partial charge in [-0.1, -0.05) is 0 Å². The summed E-state index contributed by atoms with van der Waals surface area (Å²) in [6.45, 7) is 2.75. The van der Waals surface area contributed by atoms with Crippen molar-refractivity contribution < 1.29 is 14.7 Å². The number of carboxylic acid groups (broad SMARTS) is 1. The van der Waals surface area contributed by atoms with Gasteiger partial charge in [-0.15, -0.1) is 11.3 Å². The number of carbonyl (C=O) groups is 2. The molecule has 0 atom stereocenters. The summed E-state index contributed by atoms with van der Waals surface area (Å²) in [6, 6.07) is 0.0542. The first-order chi connectivity index (χ1) is 9.56. The number of carbonyl (C=O) groups excluding carboxylic acids is 1. The number of aryl methyl sites for hydroxylation is 1. The third-order valence-corrected chi connectivity index (χ3v) is 4.12. The Labute approximate surface area is 121 Å². The van der Waals surface area contributed by atoms with Crippen LogP contribution in [0, 0.1) is 6.92 Å². The first-order valence-electron chi connectivity index (χ1n) is 6.73. The number of nitrogens with one attached hydrogen (secondary N) is 1. The van der Waals surface area contributed by atoms with Crippen molar-refractivity contribution in [3.8, 4) is 0 Å². The number of aromatic nitrogens is 1. The maximum atomic E-state index is 12.0. The summed E-state index contributed by atoms with van der Waals surface area (Å²) in [5.41, 5.74) is 0.998. The van der Waals surface area contributed by atoms with Crippen LogP contribution in [0.15, 0.2) is 5.38 Å². The molecular formula is C13H19N3O3S. The zero-order valence-electron chi connectivity index (χ0n) is 11.5. The topological polar surface area (TPSA) is 82.5 Å². The second kappa shape index (κ2) is 6.69. The predicted octanol–water partition coefficient (Wildman–Crippen LogP) is 1.64. The molecule has 1 heterocycles. The van der Waals surface area contributed by atoms with E-state index >= 15 is 0 Å². The maximum absolute atomic E-state index is 12.0. The van der Waals surface area contributed by atoms with Gasteiger partial charge in [0, 0.05) is 36.6 Å². The van der Waals surface area contributed by atoms with Gasteiger partial charge in [0.1, 0.15) is 0 Å². The van der Waals surface area contributed by atoms with Gasteiger partial charge in [0.05, 0.1) is 11.4 Å². The van der Waals surface area contributed by atoms with Crippen molar-refractivity contribution in [2.24, 2.45) is 0 Å². The molecule has 1 fully saturated rings. The molecule has 7 heteroatoms. The van der Waals surface area contributed by atoms with Crippen LogP contribution < -0.4 is 5.32 Å². The second-order valence-corrected chi connectivity index (χ2v) is 5.88. The lowest BCUT2D eigenvalue weighted by molar-refractivity contribution is -0.137. The molecule has 20 heavy (non-hydrogen) atoms. The van der Waals surface area contributed by atoms with Gasteiger partial charge in [0.25, 0.3) is 0 Å². The van der Waals surface area contributed by atoms with Crippen molar-refractivity contribution in [1.82, 2.24) is 15.2 Å². The Kier molecular flexibility index (Phi) is 4.94. The van der Waals surface area contributed by atoms with Gasteiger partial charge in [0.15, 0.2) is 0 Å². The van der Waals surface area contributed by atoms with Crippen LogP contribution in [0.5, 0.6) is 0 Å². The SMILES string of the molecule is Cc1csc(CCNC(=O)N(CCC(=O)O)C2CC2)n1. The normalized spacial score (nSPS) is 14.1. The molecule has 0 unspecified atom stereocenters. The number of nitrogens with zero attached hydrogens (tertiary/aromatic N) is 2. The molecule has 2 N–H and O–H groups in total. The van der Waals surface area contributed by atoms with E-state index in [0.717, 1.165) is 23.5 Å². The fourth-order valence-electron chi connectivity index (χ4n) is 1.95. The summed E-state index contributed by atoms with van der Waals surface area (Å²) in [5.74, 6) is -0.873. The van der Waals surface area contributed by atoms with Gasteiger partial charge < -0.3 is 15.3 Å². The fraction of sp³-hybridized carbons (Fsp3) is 0.615. The van der Waals surface area contributed by atoms with Crippen molar-refractivity contribution in [3.63, 3.8) is 0 Å². The molecule has 0 aliphatic heterocycles. The van der Waals surface area contributed by atoms with Crippen molar-refractivity contribution in [2.75, 3.05) is 13.1 Å². The zero-order chi connectivity index (χ0) is 14.5. The number of amides is 2. The van der Waals surface area contributed by atoms with E-state index in [1.807, 2.05) is 12.3 Å². The fourth-order valence-corrected chi connectivity index (χ4v) is 2.72. The summed E-state index contributed by atoms with van der Waals surface area (Å²) >= 11 is 1.59. The van der Waals surface area contributed by atoms with Crippen LogP contribution >= 0.6 is 11.3 Å². The molecule has 0 spiro atoms. The molecule has 0 saturated heterocycles. The third kappa shape index (κ3) is 4.48. The largest absolute Gasteiger partial charge is 0.481 e. The van der Waals surface area contributed by atoms with Crippen LogP contribution in [0.25, 0.3) is 0 Å². The minimum atomic E-state index is -0.873. The Morgan fingerprint density at radius 2 is 2.30 bits per heavy atom. The molecule has 0 radical (unpaired) electrons. The van der Waals surface area contributed by atoms with Crippen molar-refractivity contribution in [1.29, 1.82) is 0 Å². The second-order valence-electron chi connectivity index (χ2n) is 4.93. The van der Waals surface area contributed by atoms with Gasteiger partial charge in [-0.3, -0.25) is 4.79 Å². The van der Waals surface area contributed by atoms with Gasteiger partial charge in [-0.2, -0.15) is 0 Å². The highest BCUT2D eigenvalue weighted by atomic mass is 32.1. The summed E-state index contributed by atoms with van der Waals surface area (Å²) in [4.78, 5) is 28.6. The molecule has 1 aliphatic carbocycles. The molecule has 1 aliphatic rings. The Balaban J connectivity index is 1.75. The highest BCUT2D eigenvalue weighted by Crippen LogP contribution is 2.26. The average molecular weight is 297 g/mol. The highest BCUT2D eigenvalue weighted by molar-refractivity contribution is 7.09. The first kappa shape index (κ1) is 14.8. The van der Waals surface area contributed by atoms with Crippen molar-refractivity contribution in [3.05, 3.63) is 16.1 Å². The molecule has 0 bridgehead atoms. The molecule has 0 aromatic carbocycles. The van der Waals surface area contributed by atoms with Crippen LogP contribution in [-0.4, -0.2) is 46.1 Å². The number of carboxylic acids is 1. The van der Waals surface area contributed by atoms with Gasteiger partial charge >= 0.3 is 12.0 Å². The summed E-state index contributed by atoms with van der Waals surface area (Å²) in [5, 5.41) is 14.5. The summed E-state index contributed by atoms with van der Waals surface area (Å²) in [6.07, 6.45) is 2.65. The minimum Gasteiger partial charge on any atom is -0.481 e. The lowest BCUT2D eigenvalue weighted by atomic mass is 10.3. The molecule has 110 valence electrons. The van der Waals surface area contributed by atoms with Crippen LogP contribution in [0.1, 0.15) is 30.0 Å². The average Bonchev–Trinajstić information content (AvgIpc) is 3.13. The van der Waals surface area contributed by atoms with Gasteiger partial charge in [-0.25, -0.2) is 9.78 Å². The van der Waals surface area contributed by atoms with Crippen LogP contribution in [0.4, 0.5) is 4.79 Å². The number of hydrogen-bond donors (Lipinski definition) is 2. The number of hydrogen-bond acceptors (Lipinski definition) is 4. The van der Waals surface area contributed by atoms with E-state index in [1.54, 1.807) is 16.2 Å². The minimum absolute atomic E-state index is 0.00437. The van der Waals surface area contributed by atoms with Crippen molar-refractivity contribution >= 4 is 23.3 Å². The van der Waals surface area contributed by atoms with E-state index in [-0.39, 0.29) is 25.0 Å². The van der Waals surface area contributed by atoms with E-state index in [0.29, 0.717) is 13.0 Å². The summed E-state index contributed by atoms with van der Waals surface area (Å²) in [7, 11) is 0. The van der Waals surface area contributed by atoms with Crippen LogP contribution in [0.3, 0.4) is 0 Å². The Bertz CT molecular complexity index is 485. The number of rotatable bonds is 7. The quantitative estimate of drug-likeness (QED) is 0.801. The van der Waals surface area contributed by atoms with E-state index in [1.165, 1.54) is 0 Å². The Morgan fingerprint density at radius 3 is 2.85 bits per heavy atom. The first-order valence-corrected chi connectivity index (χ1v) is 7.61. The van der Waals surface area contributed by atoms with Crippen molar-refractivity contribution in [2.45, 2.75) is 38.6 Å². The van der Waals surface area contributed by atoms with E-state index in [4.69, 9.17) is 5.11 Å². The lowest BCUT2D eigenvalue weighted by Crippen LogP contribution is -2.43. The summed E-state index contributed by atoms with van der Waals surface area (Å²) < 4.78 is 0. The number of urea groups is 1. The highest BCUT2D eigenvalue weighted by Gasteiger charge is 2.32. The van der Waals surface area contributed by atoms with E-state index in [2.05, 4.69) is 10.3 Å². The van der Waals surface area contributed by atoms with Gasteiger partial charge in [-0.05, 0) is 19.8 Å². The van der Waals surface area contributed by atoms with E-state index < -0.39 is 5.97 Å². The lowest BCUT2D eigenvalue weighted by Gasteiger charge is -2.21. The monoisotopic (exact) mass is 297 g/mol. The maximum Gasteiger partial charge on any atom is 0.317 e. The standard InChI is InChI=1S/C13H19N3O3S/c1-9-8-20-11(15-9)4-6-14-13(19)16(10-2-3-10)7-5-12(17)18/h8,10H,2-7H2,1H3,(H,14,19)(H,17,18). The predicted molar refractivity (Wildman–Crippen MR) is 75.9 cm³/mol. The smallest absolute Gasteiger partial charge is 0.317 e. The zero-order valence-corrected chi connectivity index (χ0v) is 12.3. The van der Waals surface area contributed by atoms with Crippen LogP contribution in [-0.2, 0) is 11.2 Å². The molecule has 2 amide bonds. The Hall–Kier alpha value is -1.63. The molecule has 6 nitrogen and oxygen atoms in total. The molecule has 1 aromatic heterocycles. The molecule has 1 saturated carbocycles. The number of aliphatic carboxylic acids is 1. The van der Waals surface area contributed by atoms with Crippen LogP contribution in [0.2, 0.25) is 0 Å². The Morgan fingerprint density at radius 1 is 1.55 bits per heavy atom. The molecule has 1 aromatic rings. The molecule has 2 rings (SSSR count). The van der Waals surface area contributed by atoms with E-state index in [9.17, 15) is 9.59 Å². The molecular weight excluding hydrogens is 278 g/mol. The third-order valence-electron chi connectivity index (χ3n) is 3.10. The van der Waals surface area contributed by atoms with Gasteiger partial charge in [0.2, 0.25) is 0 Å². The number of thiazole rings is 1.